The molecule has 0 radical (unpaired) electrons. The summed E-state index contributed by atoms with van der Waals surface area (Å²) in [7, 11) is 0. The Bertz CT molecular complexity index is 448. The predicted molar refractivity (Wildman–Crippen MR) is 78.9 cm³/mol. The zero-order valence-electron chi connectivity index (χ0n) is 11.5. The Morgan fingerprint density at radius 2 is 2.21 bits per heavy atom. The zero-order valence-corrected chi connectivity index (χ0v) is 12.2. The fraction of sp³-hybridized carbons (Fsp3) is 0.625. The summed E-state index contributed by atoms with van der Waals surface area (Å²) in [6.45, 7) is 4.44. The monoisotopic (exact) mass is 279 g/mol. The molecule has 1 aromatic rings. The zero-order chi connectivity index (χ0) is 13.2. The highest BCUT2D eigenvalue weighted by Crippen LogP contribution is 2.31. The van der Waals surface area contributed by atoms with Gasteiger partial charge in [0.15, 0.2) is 0 Å². The van der Waals surface area contributed by atoms with E-state index in [0.29, 0.717) is 0 Å². The van der Waals surface area contributed by atoms with E-state index < -0.39 is 0 Å². The van der Waals surface area contributed by atoms with Gasteiger partial charge in [0, 0.05) is 18.0 Å². The van der Waals surface area contributed by atoms with Gasteiger partial charge in [-0.1, -0.05) is 24.9 Å². The second kappa shape index (κ2) is 5.72. The third-order valence-electron chi connectivity index (χ3n) is 4.37. The highest BCUT2D eigenvalue weighted by atomic mass is 35.5. The van der Waals surface area contributed by atoms with Crippen molar-refractivity contribution in [2.24, 2.45) is 11.8 Å². The largest absolute Gasteiger partial charge is 0.488 e. The number of hydrogen-bond acceptors (Lipinski definition) is 2. The summed E-state index contributed by atoms with van der Waals surface area (Å²) in [5.41, 5.74) is 1.24. The minimum absolute atomic E-state index is 0.271. The summed E-state index contributed by atoms with van der Waals surface area (Å²) >= 11 is 6.00. The number of fused-ring (bicyclic) bond motifs is 1. The molecule has 0 amide bonds. The molecule has 1 aliphatic carbocycles. The highest BCUT2D eigenvalue weighted by Gasteiger charge is 2.24. The topological polar surface area (TPSA) is 21.3 Å². The van der Waals surface area contributed by atoms with Crippen LogP contribution >= 0.6 is 11.6 Å². The van der Waals surface area contributed by atoms with E-state index >= 15 is 0 Å². The van der Waals surface area contributed by atoms with Crippen LogP contribution in [0.3, 0.4) is 0 Å². The minimum Gasteiger partial charge on any atom is -0.488 e. The van der Waals surface area contributed by atoms with Crippen molar-refractivity contribution >= 4 is 11.6 Å². The van der Waals surface area contributed by atoms with Crippen LogP contribution in [0.2, 0.25) is 5.02 Å². The molecule has 19 heavy (non-hydrogen) atoms. The Morgan fingerprint density at radius 1 is 1.32 bits per heavy atom. The smallest absolute Gasteiger partial charge is 0.123 e. The number of halogens is 1. The molecule has 1 aliphatic heterocycles. The van der Waals surface area contributed by atoms with Crippen molar-refractivity contribution in [2.45, 2.75) is 38.7 Å². The molecule has 1 fully saturated rings. The molecule has 1 saturated carbocycles. The molecule has 0 spiro atoms. The molecule has 0 bridgehead atoms. The van der Waals surface area contributed by atoms with Crippen molar-refractivity contribution < 1.29 is 4.74 Å². The van der Waals surface area contributed by atoms with Crippen LogP contribution in [0.5, 0.6) is 5.75 Å². The first-order valence-corrected chi connectivity index (χ1v) is 7.74. The molecule has 1 aromatic carbocycles. The van der Waals surface area contributed by atoms with Gasteiger partial charge in [-0.05, 0) is 55.0 Å². The van der Waals surface area contributed by atoms with E-state index in [4.69, 9.17) is 16.3 Å². The average molecular weight is 280 g/mol. The molecule has 2 nitrogen and oxygen atoms in total. The van der Waals surface area contributed by atoms with Gasteiger partial charge in [0.25, 0.3) is 0 Å². The Labute approximate surface area is 120 Å². The van der Waals surface area contributed by atoms with Crippen molar-refractivity contribution in [3.05, 3.63) is 28.8 Å². The molecular formula is C16H22ClNO. The molecule has 2 aliphatic rings. The van der Waals surface area contributed by atoms with Gasteiger partial charge in [-0.3, -0.25) is 0 Å². The molecular weight excluding hydrogens is 258 g/mol. The van der Waals surface area contributed by atoms with Gasteiger partial charge in [0.1, 0.15) is 11.9 Å². The number of rotatable bonds is 4. The summed E-state index contributed by atoms with van der Waals surface area (Å²) in [6, 6.07) is 5.90. The van der Waals surface area contributed by atoms with Gasteiger partial charge >= 0.3 is 0 Å². The Morgan fingerprint density at radius 3 is 3.00 bits per heavy atom. The lowest BCUT2D eigenvalue weighted by molar-refractivity contribution is 0.224. The first kappa shape index (κ1) is 13.3. The second-order valence-electron chi connectivity index (χ2n) is 6.14. The molecule has 0 aromatic heterocycles. The Balaban J connectivity index is 1.43. The van der Waals surface area contributed by atoms with Crippen molar-refractivity contribution in [1.29, 1.82) is 0 Å². The highest BCUT2D eigenvalue weighted by molar-refractivity contribution is 6.30. The standard InChI is InChI=1S/C16H22ClNO/c1-11-2-3-12(6-11)9-18-10-15-8-13-7-14(17)4-5-16(13)19-15/h4-5,7,11-12,15,18H,2-3,6,8-10H2,1H3. The molecule has 3 atom stereocenters. The Kier molecular flexibility index (Phi) is 3.99. The van der Waals surface area contributed by atoms with E-state index in [2.05, 4.69) is 12.2 Å². The molecule has 3 rings (SSSR count). The molecule has 0 saturated heterocycles. The maximum absolute atomic E-state index is 6.00. The van der Waals surface area contributed by atoms with Crippen molar-refractivity contribution in [3.63, 3.8) is 0 Å². The van der Waals surface area contributed by atoms with Crippen LogP contribution in [-0.2, 0) is 6.42 Å². The maximum atomic E-state index is 6.00. The van der Waals surface area contributed by atoms with Gasteiger partial charge in [-0.25, -0.2) is 0 Å². The van der Waals surface area contributed by atoms with E-state index in [1.54, 1.807) is 0 Å². The van der Waals surface area contributed by atoms with Gasteiger partial charge < -0.3 is 10.1 Å². The van der Waals surface area contributed by atoms with E-state index in [-0.39, 0.29) is 6.10 Å². The van der Waals surface area contributed by atoms with Crippen LogP contribution in [0.25, 0.3) is 0 Å². The molecule has 3 heteroatoms. The van der Waals surface area contributed by atoms with Crippen molar-refractivity contribution in [1.82, 2.24) is 5.32 Å². The first-order chi connectivity index (χ1) is 9.20. The molecule has 1 heterocycles. The predicted octanol–water partition coefficient (Wildman–Crippen LogP) is 3.67. The Hall–Kier alpha value is -0.730. The number of ether oxygens (including phenoxy) is 1. The van der Waals surface area contributed by atoms with Crippen LogP contribution in [-0.4, -0.2) is 19.2 Å². The number of hydrogen-bond donors (Lipinski definition) is 1. The van der Waals surface area contributed by atoms with Crippen LogP contribution in [0, 0.1) is 11.8 Å². The summed E-state index contributed by atoms with van der Waals surface area (Å²) in [4.78, 5) is 0. The quantitative estimate of drug-likeness (QED) is 0.908. The number of benzene rings is 1. The first-order valence-electron chi connectivity index (χ1n) is 7.36. The van der Waals surface area contributed by atoms with Crippen LogP contribution in [0.15, 0.2) is 18.2 Å². The summed E-state index contributed by atoms with van der Waals surface area (Å²) < 4.78 is 5.93. The molecule has 104 valence electrons. The fourth-order valence-corrected chi connectivity index (χ4v) is 3.56. The maximum Gasteiger partial charge on any atom is 0.123 e. The van der Waals surface area contributed by atoms with Crippen molar-refractivity contribution in [2.75, 3.05) is 13.1 Å². The second-order valence-corrected chi connectivity index (χ2v) is 6.57. The van der Waals surface area contributed by atoms with Crippen LogP contribution in [0.1, 0.15) is 31.7 Å². The van der Waals surface area contributed by atoms with Crippen LogP contribution < -0.4 is 10.1 Å². The number of nitrogens with one attached hydrogen (secondary N) is 1. The molecule has 1 N–H and O–H groups in total. The van der Waals surface area contributed by atoms with Gasteiger partial charge in [-0.15, -0.1) is 0 Å². The third-order valence-corrected chi connectivity index (χ3v) is 4.61. The lowest BCUT2D eigenvalue weighted by atomic mass is 10.1. The molecule has 3 unspecified atom stereocenters. The normalized spacial score (nSPS) is 29.3. The van der Waals surface area contributed by atoms with Gasteiger partial charge in [-0.2, -0.15) is 0 Å². The lowest BCUT2D eigenvalue weighted by Crippen LogP contribution is -2.32. The fourth-order valence-electron chi connectivity index (χ4n) is 3.36. The van der Waals surface area contributed by atoms with Crippen molar-refractivity contribution in [3.8, 4) is 5.75 Å². The van der Waals surface area contributed by atoms with E-state index in [9.17, 15) is 0 Å². The van der Waals surface area contributed by atoms with Crippen LogP contribution in [0.4, 0.5) is 0 Å². The SMILES string of the molecule is CC1CCC(CNCC2Cc3cc(Cl)ccc3O2)C1. The lowest BCUT2D eigenvalue weighted by Gasteiger charge is -2.15. The van der Waals surface area contributed by atoms with E-state index in [1.807, 2.05) is 18.2 Å². The summed E-state index contributed by atoms with van der Waals surface area (Å²) in [6.07, 6.45) is 5.41. The summed E-state index contributed by atoms with van der Waals surface area (Å²) in [5, 5.41) is 4.38. The minimum atomic E-state index is 0.271. The van der Waals surface area contributed by atoms with Gasteiger partial charge in [0.05, 0.1) is 0 Å². The van der Waals surface area contributed by atoms with Gasteiger partial charge in [0.2, 0.25) is 0 Å². The third kappa shape index (κ3) is 3.24. The summed E-state index contributed by atoms with van der Waals surface area (Å²) in [5.74, 6) is 2.79. The average Bonchev–Trinajstić information content (AvgIpc) is 2.95. The van der Waals surface area contributed by atoms with E-state index in [1.165, 1.54) is 24.8 Å². The van der Waals surface area contributed by atoms with E-state index in [0.717, 1.165) is 42.1 Å².